The second-order valence-corrected chi connectivity index (χ2v) is 9.31. The highest BCUT2D eigenvalue weighted by molar-refractivity contribution is 6.30. The minimum atomic E-state index is -0.690. The first kappa shape index (κ1) is 25.4. The predicted molar refractivity (Wildman–Crippen MR) is 130 cm³/mol. The van der Waals surface area contributed by atoms with Crippen LogP contribution in [0, 0.1) is 5.92 Å². The molecule has 7 nitrogen and oxygen atoms in total. The van der Waals surface area contributed by atoms with Crippen molar-refractivity contribution in [1.82, 2.24) is 15.1 Å². The van der Waals surface area contributed by atoms with E-state index < -0.39 is 6.04 Å². The van der Waals surface area contributed by atoms with Gasteiger partial charge in [-0.3, -0.25) is 24.1 Å². The average molecular weight is 484 g/mol. The average Bonchev–Trinajstić information content (AvgIpc) is 3.05. The molecule has 4 amide bonds. The van der Waals surface area contributed by atoms with Gasteiger partial charge in [-0.15, -0.1) is 0 Å². The fraction of sp³-hybridized carbons (Fsp3) is 0.385. The summed E-state index contributed by atoms with van der Waals surface area (Å²) in [5.41, 5.74) is 1.58. The van der Waals surface area contributed by atoms with Gasteiger partial charge in [0.2, 0.25) is 11.8 Å². The zero-order chi connectivity index (χ0) is 24.8. The number of halogens is 1. The lowest BCUT2D eigenvalue weighted by molar-refractivity contribution is -0.140. The molecule has 1 unspecified atom stereocenters. The molecule has 1 aliphatic heterocycles. The molecule has 2 aromatic carbocycles. The smallest absolute Gasteiger partial charge is 0.261 e. The number of carbonyl (C=O) groups is 4. The topological polar surface area (TPSA) is 86.8 Å². The van der Waals surface area contributed by atoms with Crippen LogP contribution in [0.2, 0.25) is 5.02 Å². The van der Waals surface area contributed by atoms with Crippen molar-refractivity contribution in [3.63, 3.8) is 0 Å². The largest absolute Gasteiger partial charge is 0.354 e. The third kappa shape index (κ3) is 6.03. The molecule has 2 aromatic rings. The maximum atomic E-state index is 13.2. The van der Waals surface area contributed by atoms with Crippen LogP contribution < -0.4 is 5.32 Å². The van der Waals surface area contributed by atoms with Gasteiger partial charge in [0.15, 0.2) is 0 Å². The van der Waals surface area contributed by atoms with Gasteiger partial charge in [-0.05, 0) is 49.1 Å². The first-order chi connectivity index (χ1) is 16.2. The Balaban J connectivity index is 1.66. The minimum Gasteiger partial charge on any atom is -0.354 e. The molecule has 0 aromatic heterocycles. The van der Waals surface area contributed by atoms with Gasteiger partial charge in [-0.2, -0.15) is 0 Å². The zero-order valence-corrected chi connectivity index (χ0v) is 20.5. The minimum absolute atomic E-state index is 0.0930. The molecule has 0 radical (unpaired) electrons. The van der Waals surface area contributed by atoms with Crippen LogP contribution >= 0.6 is 11.6 Å². The summed E-state index contributed by atoms with van der Waals surface area (Å²) in [6.07, 6.45) is 0.395. The van der Waals surface area contributed by atoms with E-state index >= 15 is 0 Å². The van der Waals surface area contributed by atoms with E-state index in [1.54, 1.807) is 49.4 Å². The molecule has 0 aliphatic carbocycles. The number of amides is 4. The van der Waals surface area contributed by atoms with Crippen LogP contribution in [0.25, 0.3) is 0 Å². The Bertz CT molecular complexity index is 1050. The van der Waals surface area contributed by atoms with E-state index in [0.29, 0.717) is 29.1 Å². The summed E-state index contributed by atoms with van der Waals surface area (Å²) in [4.78, 5) is 53.7. The second-order valence-electron chi connectivity index (χ2n) is 8.88. The maximum absolute atomic E-state index is 13.2. The monoisotopic (exact) mass is 483 g/mol. The van der Waals surface area contributed by atoms with Crippen LogP contribution in [0.3, 0.4) is 0 Å². The van der Waals surface area contributed by atoms with Gasteiger partial charge >= 0.3 is 0 Å². The molecule has 3 rings (SSSR count). The number of fused-ring (bicyclic) bond motifs is 1. The molecule has 8 heteroatoms. The third-order valence-corrected chi connectivity index (χ3v) is 5.98. The molecule has 1 aliphatic rings. The van der Waals surface area contributed by atoms with Gasteiger partial charge in [0.05, 0.1) is 11.1 Å². The van der Waals surface area contributed by atoms with Crippen LogP contribution in [0.5, 0.6) is 0 Å². The standard InChI is InChI=1S/C26H30ClN3O4/c1-17(2)15-28-24(32)18(3)30(16-19-8-6-9-20(27)14-19)23(31)12-7-13-29-25(33)21-10-4-5-11-22(21)26(29)34/h4-6,8-11,14,17-18H,7,12-13,15-16H2,1-3H3,(H,28,32). The molecular formula is C26H30ClN3O4. The number of nitrogens with zero attached hydrogens (tertiary/aromatic N) is 2. The summed E-state index contributed by atoms with van der Waals surface area (Å²) >= 11 is 6.10. The second kappa shape index (κ2) is 11.3. The first-order valence-corrected chi connectivity index (χ1v) is 11.8. The Morgan fingerprint density at radius 2 is 1.65 bits per heavy atom. The number of carbonyl (C=O) groups excluding carboxylic acids is 4. The maximum Gasteiger partial charge on any atom is 0.261 e. The quantitative estimate of drug-likeness (QED) is 0.519. The Morgan fingerprint density at radius 1 is 1.00 bits per heavy atom. The van der Waals surface area contributed by atoms with E-state index in [1.807, 2.05) is 19.9 Å². The molecule has 1 N–H and O–H groups in total. The number of rotatable bonds is 10. The molecule has 0 spiro atoms. The van der Waals surface area contributed by atoms with Crippen LogP contribution in [-0.4, -0.2) is 52.6 Å². The summed E-state index contributed by atoms with van der Waals surface area (Å²) < 4.78 is 0. The van der Waals surface area contributed by atoms with Gasteiger partial charge in [0, 0.05) is 31.1 Å². The van der Waals surface area contributed by atoms with E-state index in [-0.39, 0.29) is 49.1 Å². The third-order valence-electron chi connectivity index (χ3n) is 5.74. The predicted octanol–water partition coefficient (Wildman–Crippen LogP) is 3.91. The summed E-state index contributed by atoms with van der Waals surface area (Å²) in [5, 5.41) is 3.43. The van der Waals surface area contributed by atoms with Crippen molar-refractivity contribution < 1.29 is 19.2 Å². The molecule has 180 valence electrons. The van der Waals surface area contributed by atoms with E-state index in [4.69, 9.17) is 11.6 Å². The van der Waals surface area contributed by atoms with Crippen molar-refractivity contribution in [2.75, 3.05) is 13.1 Å². The lowest BCUT2D eigenvalue weighted by Gasteiger charge is -2.29. The molecule has 34 heavy (non-hydrogen) atoms. The van der Waals surface area contributed by atoms with Crippen molar-refractivity contribution in [2.45, 2.75) is 46.2 Å². The van der Waals surface area contributed by atoms with Crippen LogP contribution in [0.4, 0.5) is 0 Å². The van der Waals surface area contributed by atoms with Crippen molar-refractivity contribution in [3.8, 4) is 0 Å². The van der Waals surface area contributed by atoms with Gasteiger partial charge in [-0.1, -0.05) is 49.7 Å². The highest BCUT2D eigenvalue weighted by Crippen LogP contribution is 2.23. The number of benzene rings is 2. The number of imide groups is 1. The Hall–Kier alpha value is -3.19. The summed E-state index contributed by atoms with van der Waals surface area (Å²) in [7, 11) is 0. The molecular weight excluding hydrogens is 454 g/mol. The SMILES string of the molecule is CC(C)CNC(=O)C(C)N(Cc1cccc(Cl)c1)C(=O)CCCN1C(=O)c2ccccc2C1=O. The van der Waals surface area contributed by atoms with Crippen molar-refractivity contribution in [3.05, 3.63) is 70.2 Å². The van der Waals surface area contributed by atoms with Gasteiger partial charge in [0.1, 0.15) is 6.04 Å². The number of hydrogen-bond acceptors (Lipinski definition) is 4. The van der Waals surface area contributed by atoms with Crippen molar-refractivity contribution >= 4 is 35.2 Å². The number of hydrogen-bond donors (Lipinski definition) is 1. The highest BCUT2D eigenvalue weighted by atomic mass is 35.5. The molecule has 1 heterocycles. The first-order valence-electron chi connectivity index (χ1n) is 11.5. The van der Waals surface area contributed by atoms with Crippen LogP contribution in [0.15, 0.2) is 48.5 Å². The van der Waals surface area contributed by atoms with Crippen molar-refractivity contribution in [1.29, 1.82) is 0 Å². The number of nitrogens with one attached hydrogen (secondary N) is 1. The van der Waals surface area contributed by atoms with Gasteiger partial charge in [0.25, 0.3) is 11.8 Å². The Morgan fingerprint density at radius 3 is 2.24 bits per heavy atom. The van der Waals surface area contributed by atoms with E-state index in [2.05, 4.69) is 5.32 Å². The molecule has 0 fully saturated rings. The molecule has 0 saturated carbocycles. The summed E-state index contributed by atoms with van der Waals surface area (Å²) in [6, 6.07) is 13.2. The Kier molecular flexibility index (Phi) is 8.45. The molecule has 0 saturated heterocycles. The Labute approximate surface area is 205 Å². The summed E-state index contributed by atoms with van der Waals surface area (Å²) in [6.45, 7) is 6.57. The highest BCUT2D eigenvalue weighted by Gasteiger charge is 2.35. The lowest BCUT2D eigenvalue weighted by atomic mass is 10.1. The van der Waals surface area contributed by atoms with Gasteiger partial charge in [-0.25, -0.2) is 0 Å². The van der Waals surface area contributed by atoms with Crippen LogP contribution in [-0.2, 0) is 16.1 Å². The van der Waals surface area contributed by atoms with E-state index in [0.717, 1.165) is 5.56 Å². The van der Waals surface area contributed by atoms with E-state index in [9.17, 15) is 19.2 Å². The van der Waals surface area contributed by atoms with Gasteiger partial charge < -0.3 is 10.2 Å². The van der Waals surface area contributed by atoms with Crippen molar-refractivity contribution in [2.24, 2.45) is 5.92 Å². The fourth-order valence-corrected chi connectivity index (χ4v) is 4.05. The van der Waals surface area contributed by atoms with Crippen LogP contribution in [0.1, 0.15) is 59.9 Å². The lowest BCUT2D eigenvalue weighted by Crippen LogP contribution is -2.48. The fourth-order valence-electron chi connectivity index (χ4n) is 3.84. The zero-order valence-electron chi connectivity index (χ0n) is 19.7. The molecule has 0 bridgehead atoms. The molecule has 1 atom stereocenters. The van der Waals surface area contributed by atoms with E-state index in [1.165, 1.54) is 9.80 Å². The normalized spacial score (nSPS) is 13.7. The summed E-state index contributed by atoms with van der Waals surface area (Å²) in [5.74, 6) is -0.864.